The highest BCUT2D eigenvalue weighted by molar-refractivity contribution is 5.91. The molecule has 0 amide bonds. The Hall–Kier alpha value is -2.21. The van der Waals surface area contributed by atoms with Gasteiger partial charge < -0.3 is 15.5 Å². The Morgan fingerprint density at radius 2 is 1.91 bits per heavy atom. The van der Waals surface area contributed by atoms with Crippen LogP contribution >= 0.6 is 0 Å². The summed E-state index contributed by atoms with van der Waals surface area (Å²) < 4.78 is 0. The average molecular weight is 303 g/mol. The first-order valence-corrected chi connectivity index (χ1v) is 7.47. The van der Waals surface area contributed by atoms with Crippen molar-refractivity contribution in [3.8, 4) is 0 Å². The van der Waals surface area contributed by atoms with Crippen molar-refractivity contribution >= 4 is 22.7 Å². The number of carboxylic acid groups (broad SMARTS) is 1. The van der Waals surface area contributed by atoms with Gasteiger partial charge in [-0.05, 0) is 25.0 Å². The van der Waals surface area contributed by atoms with Crippen molar-refractivity contribution in [1.82, 2.24) is 9.97 Å². The van der Waals surface area contributed by atoms with Gasteiger partial charge >= 0.3 is 5.97 Å². The van der Waals surface area contributed by atoms with Crippen LogP contribution in [0.2, 0.25) is 0 Å². The fraction of sp³-hybridized carbons (Fsp3) is 0.438. The molecule has 0 fully saturated rings. The maximum Gasteiger partial charge on any atom is 0.328 e. The Bertz CT molecular complexity index is 656. The van der Waals surface area contributed by atoms with Crippen LogP contribution in [0.3, 0.4) is 0 Å². The Morgan fingerprint density at radius 3 is 2.50 bits per heavy atom. The normalized spacial score (nSPS) is 12.5. The molecule has 22 heavy (non-hydrogen) atoms. The van der Waals surface area contributed by atoms with Crippen molar-refractivity contribution in [3.63, 3.8) is 0 Å². The molecule has 0 saturated carbocycles. The quantitative estimate of drug-likeness (QED) is 0.727. The van der Waals surface area contributed by atoms with E-state index in [9.17, 15) is 9.90 Å². The van der Waals surface area contributed by atoms with Gasteiger partial charge in [-0.15, -0.1) is 0 Å². The van der Waals surface area contributed by atoms with Crippen molar-refractivity contribution in [2.45, 2.75) is 38.6 Å². The number of hydrogen-bond acceptors (Lipinski definition) is 5. The van der Waals surface area contributed by atoms with Gasteiger partial charge in [-0.2, -0.15) is 0 Å². The topological polar surface area (TPSA) is 95.3 Å². The van der Waals surface area contributed by atoms with Gasteiger partial charge in [-0.3, -0.25) is 0 Å². The number of nitrogens with one attached hydrogen (secondary N) is 1. The number of nitrogens with zero attached hydrogens (tertiary/aromatic N) is 2. The number of benzene rings is 1. The number of carboxylic acids is 1. The molecule has 6 nitrogen and oxygen atoms in total. The smallest absolute Gasteiger partial charge is 0.328 e. The molecule has 2 rings (SSSR count). The minimum atomic E-state index is -1.12. The number of aromatic nitrogens is 2. The highest BCUT2D eigenvalue weighted by Crippen LogP contribution is 2.26. The van der Waals surface area contributed by atoms with Crippen LogP contribution in [0.15, 0.2) is 24.3 Å². The summed E-state index contributed by atoms with van der Waals surface area (Å²) in [5.41, 5.74) is 0.768. The van der Waals surface area contributed by atoms with Crippen LogP contribution in [0.5, 0.6) is 0 Å². The van der Waals surface area contributed by atoms with Gasteiger partial charge in [0.2, 0.25) is 0 Å². The monoisotopic (exact) mass is 303 g/mol. The summed E-state index contributed by atoms with van der Waals surface area (Å²) in [7, 11) is 0. The highest BCUT2D eigenvalue weighted by Gasteiger charge is 2.20. The first kappa shape index (κ1) is 16.2. The third-order valence-corrected chi connectivity index (χ3v) is 3.76. The molecule has 0 aliphatic heterocycles. The van der Waals surface area contributed by atoms with Gasteiger partial charge in [0.1, 0.15) is 17.7 Å². The SMILES string of the molecule is CCC(CC)c1nc(N[C@H](CO)C(=O)O)c2ccccc2n1. The number of aliphatic hydroxyl groups excluding tert-OH is 1. The van der Waals surface area contributed by atoms with E-state index in [4.69, 9.17) is 5.11 Å². The Labute approximate surface area is 129 Å². The largest absolute Gasteiger partial charge is 0.480 e. The predicted octanol–water partition coefficient (Wildman–Crippen LogP) is 2.39. The van der Waals surface area contributed by atoms with E-state index < -0.39 is 18.6 Å². The number of aliphatic carboxylic acids is 1. The summed E-state index contributed by atoms with van der Waals surface area (Å²) in [4.78, 5) is 20.2. The van der Waals surface area contributed by atoms with Crippen LogP contribution in [0.4, 0.5) is 5.82 Å². The molecule has 0 radical (unpaired) electrons. The standard InChI is InChI=1S/C16H21N3O3/c1-3-10(4-2)14-17-12-8-6-5-7-11(12)15(19-14)18-13(9-20)16(21)22/h5-8,10,13,20H,3-4,9H2,1-2H3,(H,21,22)(H,17,18,19)/t13-/m1/s1. The lowest BCUT2D eigenvalue weighted by molar-refractivity contribution is -0.138. The van der Waals surface area contributed by atoms with Crippen LogP contribution in [0, 0.1) is 0 Å². The second-order valence-electron chi connectivity index (χ2n) is 5.18. The Morgan fingerprint density at radius 1 is 1.23 bits per heavy atom. The van der Waals surface area contributed by atoms with Crippen molar-refractivity contribution < 1.29 is 15.0 Å². The molecule has 6 heteroatoms. The zero-order valence-electron chi connectivity index (χ0n) is 12.8. The van der Waals surface area contributed by atoms with Crippen LogP contribution in [0.1, 0.15) is 38.4 Å². The third-order valence-electron chi connectivity index (χ3n) is 3.76. The van der Waals surface area contributed by atoms with Crippen LogP contribution < -0.4 is 5.32 Å². The van der Waals surface area contributed by atoms with Crippen LogP contribution in [-0.2, 0) is 4.79 Å². The number of rotatable bonds is 7. The lowest BCUT2D eigenvalue weighted by atomic mass is 10.0. The van der Waals surface area contributed by atoms with E-state index in [2.05, 4.69) is 29.1 Å². The average Bonchev–Trinajstić information content (AvgIpc) is 2.53. The Kier molecular flexibility index (Phi) is 5.27. The first-order chi connectivity index (χ1) is 10.6. The maximum absolute atomic E-state index is 11.1. The van der Waals surface area contributed by atoms with E-state index in [0.29, 0.717) is 11.6 Å². The summed E-state index contributed by atoms with van der Waals surface area (Å²) in [6.07, 6.45) is 1.83. The van der Waals surface area contributed by atoms with Gasteiger partial charge in [0, 0.05) is 11.3 Å². The number of fused-ring (bicyclic) bond motifs is 1. The molecule has 0 bridgehead atoms. The molecule has 0 aliphatic carbocycles. The molecular formula is C16H21N3O3. The molecule has 3 N–H and O–H groups in total. The fourth-order valence-electron chi connectivity index (χ4n) is 2.39. The Balaban J connectivity index is 2.52. The summed E-state index contributed by atoms with van der Waals surface area (Å²) >= 11 is 0. The molecule has 2 aromatic rings. The molecule has 118 valence electrons. The predicted molar refractivity (Wildman–Crippen MR) is 85.0 cm³/mol. The number of anilines is 1. The van der Waals surface area contributed by atoms with Crippen LogP contribution in [-0.4, -0.2) is 38.8 Å². The molecular weight excluding hydrogens is 282 g/mol. The lowest BCUT2D eigenvalue weighted by Gasteiger charge is -2.17. The summed E-state index contributed by atoms with van der Waals surface area (Å²) in [6, 6.07) is 6.36. The molecule has 1 heterocycles. The van der Waals surface area contributed by atoms with E-state index in [1.54, 1.807) is 0 Å². The van der Waals surface area contributed by atoms with Crippen molar-refractivity contribution in [2.24, 2.45) is 0 Å². The zero-order valence-corrected chi connectivity index (χ0v) is 12.8. The molecule has 0 saturated heterocycles. The highest BCUT2D eigenvalue weighted by atomic mass is 16.4. The second kappa shape index (κ2) is 7.17. The first-order valence-electron chi connectivity index (χ1n) is 7.47. The van der Waals surface area contributed by atoms with Gasteiger partial charge in [0.15, 0.2) is 0 Å². The van der Waals surface area contributed by atoms with Crippen molar-refractivity contribution in [1.29, 1.82) is 0 Å². The molecule has 1 aromatic carbocycles. The summed E-state index contributed by atoms with van der Waals surface area (Å²) in [5.74, 6) is 0.263. The van der Waals surface area contributed by atoms with Gasteiger partial charge in [-0.1, -0.05) is 26.0 Å². The van der Waals surface area contributed by atoms with Crippen molar-refractivity contribution in [3.05, 3.63) is 30.1 Å². The third kappa shape index (κ3) is 3.33. The minimum Gasteiger partial charge on any atom is -0.480 e. The number of carbonyl (C=O) groups is 1. The van der Waals surface area contributed by atoms with E-state index in [1.165, 1.54) is 0 Å². The van der Waals surface area contributed by atoms with Gasteiger partial charge in [0.05, 0.1) is 12.1 Å². The van der Waals surface area contributed by atoms with E-state index >= 15 is 0 Å². The number of hydrogen-bond donors (Lipinski definition) is 3. The second-order valence-corrected chi connectivity index (χ2v) is 5.18. The molecule has 0 unspecified atom stereocenters. The maximum atomic E-state index is 11.1. The molecule has 1 aromatic heterocycles. The minimum absolute atomic E-state index is 0.225. The van der Waals surface area contributed by atoms with Gasteiger partial charge in [0.25, 0.3) is 0 Å². The number of para-hydroxylation sites is 1. The van der Waals surface area contributed by atoms with E-state index in [0.717, 1.165) is 23.7 Å². The lowest BCUT2D eigenvalue weighted by Crippen LogP contribution is -2.33. The van der Waals surface area contributed by atoms with E-state index in [-0.39, 0.29) is 5.92 Å². The zero-order chi connectivity index (χ0) is 16.1. The molecule has 1 atom stereocenters. The summed E-state index contributed by atoms with van der Waals surface area (Å²) in [5, 5.41) is 21.9. The number of aliphatic hydroxyl groups is 1. The molecule has 0 aliphatic rings. The van der Waals surface area contributed by atoms with Gasteiger partial charge in [-0.25, -0.2) is 14.8 Å². The fourth-order valence-corrected chi connectivity index (χ4v) is 2.39. The molecule has 0 spiro atoms. The van der Waals surface area contributed by atoms with Crippen LogP contribution in [0.25, 0.3) is 10.9 Å². The van der Waals surface area contributed by atoms with E-state index in [1.807, 2.05) is 24.3 Å². The summed E-state index contributed by atoms with van der Waals surface area (Å²) in [6.45, 7) is 3.65. The van der Waals surface area contributed by atoms with Crippen molar-refractivity contribution in [2.75, 3.05) is 11.9 Å².